The van der Waals surface area contributed by atoms with Gasteiger partial charge in [-0.05, 0) is 37.1 Å². The molecule has 4 N–H and O–H groups in total. The molecule has 1 aliphatic carbocycles. The van der Waals surface area contributed by atoms with Crippen molar-refractivity contribution in [2.24, 2.45) is 5.73 Å². The number of para-hydroxylation sites is 1. The van der Waals surface area contributed by atoms with Crippen molar-refractivity contribution in [2.45, 2.75) is 31.2 Å². The molecule has 2 aliphatic rings. The Labute approximate surface area is 215 Å². The number of nitrogens with zero attached hydrogens (tertiary/aromatic N) is 4. The molecule has 194 valence electrons. The molecule has 0 radical (unpaired) electrons. The SMILES string of the molecule is C=CCC(N)=O.CNC(=O)c1ccc(N2CCN(C3CC(c4nc5ccccc5c(=O)[nH]4)C3)CC2)cn1. The van der Waals surface area contributed by atoms with Crippen LogP contribution in [0.1, 0.15) is 41.5 Å². The minimum Gasteiger partial charge on any atom is -0.369 e. The fourth-order valence-corrected chi connectivity index (χ4v) is 4.73. The number of pyridine rings is 1. The first kappa shape index (κ1) is 26.0. The van der Waals surface area contributed by atoms with Gasteiger partial charge in [0.25, 0.3) is 11.5 Å². The van der Waals surface area contributed by atoms with Gasteiger partial charge in [-0.25, -0.2) is 9.97 Å². The molecule has 1 saturated heterocycles. The summed E-state index contributed by atoms with van der Waals surface area (Å²) < 4.78 is 0. The third-order valence-corrected chi connectivity index (χ3v) is 6.88. The molecule has 2 aromatic heterocycles. The van der Waals surface area contributed by atoms with Crippen molar-refractivity contribution in [1.29, 1.82) is 0 Å². The van der Waals surface area contributed by atoms with E-state index in [9.17, 15) is 14.4 Å². The number of aromatic nitrogens is 3. The van der Waals surface area contributed by atoms with Crippen molar-refractivity contribution >= 4 is 28.4 Å². The molecule has 10 nitrogen and oxygen atoms in total. The second-order valence-corrected chi connectivity index (χ2v) is 9.25. The van der Waals surface area contributed by atoms with E-state index in [0.717, 1.165) is 56.0 Å². The zero-order valence-corrected chi connectivity index (χ0v) is 21.0. The summed E-state index contributed by atoms with van der Waals surface area (Å²) in [6.07, 6.45) is 5.59. The number of H-pyrrole nitrogens is 1. The van der Waals surface area contributed by atoms with Crippen molar-refractivity contribution in [3.63, 3.8) is 0 Å². The summed E-state index contributed by atoms with van der Waals surface area (Å²) in [5, 5.41) is 3.24. The van der Waals surface area contributed by atoms with Gasteiger partial charge >= 0.3 is 0 Å². The highest BCUT2D eigenvalue weighted by Crippen LogP contribution is 2.38. The number of fused-ring (bicyclic) bond motifs is 1. The Morgan fingerprint density at radius 3 is 2.49 bits per heavy atom. The average molecular weight is 504 g/mol. The van der Waals surface area contributed by atoms with E-state index in [1.165, 1.54) is 6.08 Å². The van der Waals surface area contributed by atoms with Crippen LogP contribution in [0.25, 0.3) is 10.9 Å². The minimum absolute atomic E-state index is 0.0475. The summed E-state index contributed by atoms with van der Waals surface area (Å²) in [6.45, 7) is 7.17. The first-order chi connectivity index (χ1) is 17.9. The van der Waals surface area contributed by atoms with Gasteiger partial charge in [-0.15, -0.1) is 6.58 Å². The Hall–Kier alpha value is -4.05. The molecule has 3 heterocycles. The van der Waals surface area contributed by atoms with E-state index in [2.05, 4.69) is 31.7 Å². The highest BCUT2D eigenvalue weighted by molar-refractivity contribution is 5.92. The number of piperazine rings is 1. The molecule has 0 atom stereocenters. The van der Waals surface area contributed by atoms with Crippen LogP contribution in [0.15, 0.2) is 60.0 Å². The van der Waals surface area contributed by atoms with E-state index in [-0.39, 0.29) is 23.8 Å². The Kier molecular flexibility index (Phi) is 8.29. The van der Waals surface area contributed by atoms with Gasteiger partial charge in [0, 0.05) is 51.6 Å². The summed E-state index contributed by atoms with van der Waals surface area (Å²) in [6, 6.07) is 11.8. The quantitative estimate of drug-likeness (QED) is 0.436. The van der Waals surface area contributed by atoms with Gasteiger partial charge in [0.2, 0.25) is 5.91 Å². The van der Waals surface area contributed by atoms with Gasteiger partial charge in [-0.2, -0.15) is 0 Å². The molecule has 1 aliphatic heterocycles. The van der Waals surface area contributed by atoms with Crippen molar-refractivity contribution in [3.8, 4) is 0 Å². The second kappa shape index (κ2) is 11.8. The number of rotatable bonds is 6. The number of carbonyl (C=O) groups is 2. The van der Waals surface area contributed by atoms with E-state index in [1.807, 2.05) is 30.3 Å². The number of anilines is 1. The molecular formula is C27H33N7O3. The van der Waals surface area contributed by atoms with Crippen molar-refractivity contribution in [1.82, 2.24) is 25.2 Å². The second-order valence-electron chi connectivity index (χ2n) is 9.25. The first-order valence-electron chi connectivity index (χ1n) is 12.4. The number of hydrogen-bond acceptors (Lipinski definition) is 7. The van der Waals surface area contributed by atoms with Gasteiger partial charge in [-0.3, -0.25) is 19.3 Å². The van der Waals surface area contributed by atoms with E-state index in [1.54, 1.807) is 19.3 Å². The van der Waals surface area contributed by atoms with Crippen molar-refractivity contribution in [2.75, 3.05) is 38.1 Å². The highest BCUT2D eigenvalue weighted by atomic mass is 16.2. The zero-order chi connectivity index (χ0) is 26.4. The normalized spacial score (nSPS) is 19.3. The Morgan fingerprint density at radius 1 is 1.16 bits per heavy atom. The number of carbonyl (C=O) groups excluding carboxylic acids is 2. The molecule has 37 heavy (non-hydrogen) atoms. The number of benzene rings is 1. The van der Waals surface area contributed by atoms with E-state index in [0.29, 0.717) is 23.0 Å². The predicted molar refractivity (Wildman–Crippen MR) is 144 cm³/mol. The molecule has 2 amide bonds. The topological polar surface area (TPSA) is 137 Å². The van der Waals surface area contributed by atoms with Crippen LogP contribution in [0.2, 0.25) is 0 Å². The summed E-state index contributed by atoms with van der Waals surface area (Å²) in [4.78, 5) is 50.6. The molecule has 2 fully saturated rings. The maximum absolute atomic E-state index is 12.3. The van der Waals surface area contributed by atoms with Gasteiger partial charge in [0.1, 0.15) is 11.5 Å². The van der Waals surface area contributed by atoms with Crippen LogP contribution in [-0.2, 0) is 4.79 Å². The largest absolute Gasteiger partial charge is 0.369 e. The predicted octanol–water partition coefficient (Wildman–Crippen LogP) is 1.79. The highest BCUT2D eigenvalue weighted by Gasteiger charge is 2.37. The van der Waals surface area contributed by atoms with E-state index >= 15 is 0 Å². The maximum atomic E-state index is 12.3. The smallest absolute Gasteiger partial charge is 0.269 e. The number of nitrogens with two attached hydrogens (primary N) is 1. The molecule has 1 saturated carbocycles. The van der Waals surface area contributed by atoms with E-state index in [4.69, 9.17) is 10.7 Å². The minimum atomic E-state index is -0.329. The third-order valence-electron chi connectivity index (χ3n) is 6.88. The van der Waals surface area contributed by atoms with Crippen LogP contribution in [0.3, 0.4) is 0 Å². The third kappa shape index (κ3) is 6.21. The van der Waals surface area contributed by atoms with Crippen LogP contribution >= 0.6 is 0 Å². The average Bonchev–Trinajstić information content (AvgIpc) is 2.88. The van der Waals surface area contributed by atoms with E-state index < -0.39 is 0 Å². The van der Waals surface area contributed by atoms with Crippen molar-refractivity contribution < 1.29 is 9.59 Å². The Morgan fingerprint density at radius 2 is 1.89 bits per heavy atom. The van der Waals surface area contributed by atoms with Crippen LogP contribution in [0, 0.1) is 0 Å². The summed E-state index contributed by atoms with van der Waals surface area (Å²) in [5.74, 6) is 0.644. The first-order valence-corrected chi connectivity index (χ1v) is 12.4. The number of amides is 2. The number of hydrogen-bond donors (Lipinski definition) is 3. The van der Waals surface area contributed by atoms with Gasteiger partial charge < -0.3 is 20.9 Å². The van der Waals surface area contributed by atoms with Crippen LogP contribution in [-0.4, -0.2) is 70.9 Å². The monoisotopic (exact) mass is 503 g/mol. The molecule has 0 bridgehead atoms. The Balaban J connectivity index is 0.000000480. The zero-order valence-electron chi connectivity index (χ0n) is 21.0. The molecule has 0 spiro atoms. The molecular weight excluding hydrogens is 470 g/mol. The fourth-order valence-electron chi connectivity index (χ4n) is 4.73. The lowest BCUT2D eigenvalue weighted by Crippen LogP contribution is -2.54. The molecule has 5 rings (SSSR count). The lowest BCUT2D eigenvalue weighted by Gasteiger charge is -2.46. The summed E-state index contributed by atoms with van der Waals surface area (Å²) in [7, 11) is 1.61. The lowest BCUT2D eigenvalue weighted by atomic mass is 9.78. The number of nitrogens with one attached hydrogen (secondary N) is 2. The van der Waals surface area contributed by atoms with Crippen LogP contribution < -0.4 is 21.5 Å². The summed E-state index contributed by atoms with van der Waals surface area (Å²) >= 11 is 0. The van der Waals surface area contributed by atoms with Gasteiger partial charge in [0.15, 0.2) is 0 Å². The van der Waals surface area contributed by atoms with Gasteiger partial charge in [-0.1, -0.05) is 18.2 Å². The van der Waals surface area contributed by atoms with Crippen molar-refractivity contribution in [3.05, 3.63) is 77.1 Å². The molecule has 10 heteroatoms. The summed E-state index contributed by atoms with van der Waals surface area (Å²) in [5.41, 5.74) is 6.91. The van der Waals surface area contributed by atoms with Gasteiger partial charge in [0.05, 0.1) is 22.8 Å². The number of aromatic amines is 1. The lowest BCUT2D eigenvalue weighted by molar-refractivity contribution is -0.117. The molecule has 1 aromatic carbocycles. The number of primary amides is 1. The van der Waals surface area contributed by atoms with Crippen LogP contribution in [0.4, 0.5) is 5.69 Å². The van der Waals surface area contributed by atoms with Crippen LogP contribution in [0.5, 0.6) is 0 Å². The Bertz CT molecular complexity index is 1310. The fraction of sp³-hybridized carbons (Fsp3) is 0.370. The standard InChI is InChI=1S/C23H26N6O2.C4H7NO/c1-24-23(31)20-7-6-16(14-25-20)28-8-10-29(11-9-28)17-12-15(13-17)21-26-19-5-3-2-4-18(19)22(30)27-21;1-2-3-4(5)6/h2-7,14-15,17H,8-13H2,1H3,(H,24,31)(H,26,27,30);2H,1,3H2,(H2,5,6). The molecule has 3 aromatic rings. The molecule has 0 unspecified atom stereocenters. The maximum Gasteiger partial charge on any atom is 0.269 e.